The first kappa shape index (κ1) is 25.1. The lowest BCUT2D eigenvalue weighted by Gasteiger charge is -2.27. The third-order valence-corrected chi connectivity index (χ3v) is 6.02. The molecule has 0 aromatic heterocycles. The molecule has 0 bridgehead atoms. The van der Waals surface area contributed by atoms with Crippen LogP contribution in [0, 0.1) is 5.41 Å². The number of hydrogen-bond acceptors (Lipinski definition) is 4. The summed E-state index contributed by atoms with van der Waals surface area (Å²) in [5, 5.41) is 13.7. The summed E-state index contributed by atoms with van der Waals surface area (Å²) in [4.78, 5) is 27.4. The Hall–Kier alpha value is -3.48. The number of carbonyl (C=O) groups excluding carboxylic acids is 2. The zero-order valence-corrected chi connectivity index (χ0v) is 19.9. The molecule has 0 radical (unpaired) electrons. The van der Waals surface area contributed by atoms with Crippen LogP contribution in [0.15, 0.2) is 66.9 Å². The Balaban J connectivity index is 1.81. The summed E-state index contributed by atoms with van der Waals surface area (Å²) in [6.45, 7) is 4.11. The van der Waals surface area contributed by atoms with Gasteiger partial charge in [0.25, 0.3) is 0 Å². The highest BCUT2D eigenvalue weighted by atomic mass is 19.1. The number of halogens is 1. The van der Waals surface area contributed by atoms with Gasteiger partial charge in [0, 0.05) is 19.2 Å². The second-order valence-corrected chi connectivity index (χ2v) is 8.89. The molecule has 180 valence electrons. The summed E-state index contributed by atoms with van der Waals surface area (Å²) in [6, 6.07) is 16.4. The van der Waals surface area contributed by atoms with Crippen molar-refractivity contribution in [3.8, 4) is 0 Å². The molecule has 0 saturated carbocycles. The fraction of sp³-hybridized carbons (Fsp3) is 0.370. The van der Waals surface area contributed by atoms with E-state index in [-0.39, 0.29) is 25.1 Å². The van der Waals surface area contributed by atoms with E-state index in [9.17, 15) is 14.0 Å². The van der Waals surface area contributed by atoms with Crippen molar-refractivity contribution in [3.05, 3.63) is 83.6 Å². The van der Waals surface area contributed by atoms with Crippen molar-refractivity contribution in [2.24, 2.45) is 0 Å². The normalized spacial score (nSPS) is 18.8. The van der Waals surface area contributed by atoms with Crippen LogP contribution >= 0.6 is 0 Å². The topological polar surface area (TPSA) is 85.3 Å². The van der Waals surface area contributed by atoms with Gasteiger partial charge in [0.1, 0.15) is 12.2 Å². The fourth-order valence-electron chi connectivity index (χ4n) is 4.13. The van der Waals surface area contributed by atoms with Crippen LogP contribution in [0.2, 0.25) is 0 Å². The van der Waals surface area contributed by atoms with Gasteiger partial charge >= 0.3 is 0 Å². The van der Waals surface area contributed by atoms with Gasteiger partial charge in [-0.2, -0.15) is 0 Å². The summed E-state index contributed by atoms with van der Waals surface area (Å²) < 4.78 is 14.3. The monoisotopic (exact) mass is 464 g/mol. The molecule has 7 heteroatoms. The molecular weight excluding hydrogens is 431 g/mol. The molecule has 1 saturated heterocycles. The highest BCUT2D eigenvalue weighted by Crippen LogP contribution is 2.27. The minimum absolute atomic E-state index is 0.0505. The minimum atomic E-state index is -1.28. The quantitative estimate of drug-likeness (QED) is 0.489. The second kappa shape index (κ2) is 11.6. The highest BCUT2D eigenvalue weighted by Gasteiger charge is 2.40. The smallest absolute Gasteiger partial charge is 0.243 e. The lowest BCUT2D eigenvalue weighted by Crippen LogP contribution is -2.47. The van der Waals surface area contributed by atoms with Gasteiger partial charge < -0.3 is 20.9 Å². The Bertz CT molecular complexity index is 1020. The first-order valence-electron chi connectivity index (χ1n) is 11.6. The van der Waals surface area contributed by atoms with E-state index >= 15 is 0 Å². The van der Waals surface area contributed by atoms with E-state index in [2.05, 4.69) is 36.6 Å². The summed E-state index contributed by atoms with van der Waals surface area (Å²) in [5.74, 6) is -0.434. The van der Waals surface area contributed by atoms with Gasteiger partial charge in [-0.15, -0.1) is 0 Å². The zero-order valence-electron chi connectivity index (χ0n) is 19.9. The van der Waals surface area contributed by atoms with Gasteiger partial charge in [-0.3, -0.25) is 9.59 Å². The van der Waals surface area contributed by atoms with Crippen LogP contribution in [0.3, 0.4) is 0 Å². The SMILES string of the molecule is CN/C=C\C(=N)CC(=O)N1C[C@H](F)C[C@H]1C(=O)N[C@@H](c1ccccc1)c1ccc(C(C)C)cc1. The number of likely N-dealkylation sites (tertiary alicyclic amines) is 1. The molecule has 6 nitrogen and oxygen atoms in total. The molecule has 0 aliphatic carbocycles. The summed E-state index contributed by atoms with van der Waals surface area (Å²) in [7, 11) is 1.69. The zero-order chi connectivity index (χ0) is 24.7. The first-order chi connectivity index (χ1) is 16.3. The first-order valence-corrected chi connectivity index (χ1v) is 11.6. The number of nitrogens with zero attached hydrogens (tertiary/aromatic N) is 1. The molecule has 3 atom stereocenters. The van der Waals surface area contributed by atoms with Crippen molar-refractivity contribution in [2.75, 3.05) is 13.6 Å². The van der Waals surface area contributed by atoms with E-state index in [4.69, 9.17) is 5.41 Å². The number of nitrogens with one attached hydrogen (secondary N) is 3. The second-order valence-electron chi connectivity index (χ2n) is 8.89. The van der Waals surface area contributed by atoms with Crippen LogP contribution in [-0.2, 0) is 9.59 Å². The summed E-state index contributed by atoms with van der Waals surface area (Å²) >= 11 is 0. The van der Waals surface area contributed by atoms with E-state index in [1.165, 1.54) is 16.5 Å². The molecule has 1 aliphatic rings. The Morgan fingerprint density at radius 2 is 1.71 bits per heavy atom. The number of amides is 2. The average Bonchev–Trinajstić information content (AvgIpc) is 3.23. The van der Waals surface area contributed by atoms with Gasteiger partial charge in [0.05, 0.1) is 19.0 Å². The Morgan fingerprint density at radius 3 is 2.32 bits per heavy atom. The standard InChI is InChI=1S/C27H33FN4O2/c1-18(2)19-9-11-21(12-10-19)26(20-7-5-4-6-8-20)31-27(34)24-15-22(28)17-32(24)25(33)16-23(29)13-14-30-3/h4-14,18,22,24,26,29-30H,15-17H2,1-3H3,(H,31,34)/b14-13-,29-23?/t22-,24+,26+/m1/s1. The van der Waals surface area contributed by atoms with E-state index < -0.39 is 30.1 Å². The molecule has 1 heterocycles. The van der Waals surface area contributed by atoms with Crippen LogP contribution in [-0.4, -0.2) is 48.2 Å². The fourth-order valence-corrected chi connectivity index (χ4v) is 4.13. The third-order valence-electron chi connectivity index (χ3n) is 6.02. The maximum atomic E-state index is 14.3. The van der Waals surface area contributed by atoms with E-state index in [1.54, 1.807) is 13.2 Å². The molecular formula is C27H33FN4O2. The molecule has 3 rings (SSSR count). The van der Waals surface area contributed by atoms with Crippen molar-refractivity contribution in [2.45, 2.75) is 50.9 Å². The van der Waals surface area contributed by atoms with Gasteiger partial charge in [-0.1, -0.05) is 68.4 Å². The van der Waals surface area contributed by atoms with Crippen LogP contribution in [0.25, 0.3) is 0 Å². The molecule has 2 aromatic carbocycles. The largest absolute Gasteiger partial charge is 0.394 e. The maximum Gasteiger partial charge on any atom is 0.243 e. The summed E-state index contributed by atoms with van der Waals surface area (Å²) in [6.07, 6.45) is 1.51. The van der Waals surface area contributed by atoms with E-state index in [1.807, 2.05) is 42.5 Å². The van der Waals surface area contributed by atoms with Gasteiger partial charge in [0.15, 0.2) is 0 Å². The molecule has 2 amide bonds. The van der Waals surface area contributed by atoms with Gasteiger partial charge in [0.2, 0.25) is 11.8 Å². The molecule has 2 aromatic rings. The van der Waals surface area contributed by atoms with Crippen LogP contribution in [0.1, 0.15) is 55.3 Å². The van der Waals surface area contributed by atoms with Crippen molar-refractivity contribution >= 4 is 17.5 Å². The van der Waals surface area contributed by atoms with Gasteiger partial charge in [-0.25, -0.2) is 4.39 Å². The molecule has 0 spiro atoms. The van der Waals surface area contributed by atoms with Crippen molar-refractivity contribution in [1.29, 1.82) is 5.41 Å². The van der Waals surface area contributed by atoms with Crippen molar-refractivity contribution in [3.63, 3.8) is 0 Å². The van der Waals surface area contributed by atoms with Crippen LogP contribution in [0.5, 0.6) is 0 Å². The minimum Gasteiger partial charge on any atom is -0.394 e. The lowest BCUT2D eigenvalue weighted by atomic mass is 9.95. The number of benzene rings is 2. The number of hydrogen-bond donors (Lipinski definition) is 3. The van der Waals surface area contributed by atoms with Crippen molar-refractivity contribution in [1.82, 2.24) is 15.5 Å². The Morgan fingerprint density at radius 1 is 1.09 bits per heavy atom. The molecule has 3 N–H and O–H groups in total. The van der Waals surface area contributed by atoms with Gasteiger partial charge in [-0.05, 0) is 34.9 Å². The number of allylic oxidation sites excluding steroid dienone is 1. The van der Waals surface area contributed by atoms with Crippen LogP contribution in [0.4, 0.5) is 4.39 Å². The number of rotatable bonds is 9. The Kier molecular flexibility index (Phi) is 8.57. The average molecular weight is 465 g/mol. The van der Waals surface area contributed by atoms with Crippen molar-refractivity contribution < 1.29 is 14.0 Å². The summed E-state index contributed by atoms with van der Waals surface area (Å²) in [5.41, 5.74) is 3.10. The van der Waals surface area contributed by atoms with E-state index in [0.29, 0.717) is 5.92 Å². The molecule has 34 heavy (non-hydrogen) atoms. The van der Waals surface area contributed by atoms with Crippen LogP contribution < -0.4 is 10.6 Å². The third kappa shape index (κ3) is 6.31. The number of carbonyl (C=O) groups is 2. The molecule has 1 aliphatic heterocycles. The predicted molar refractivity (Wildman–Crippen MR) is 133 cm³/mol. The molecule has 1 fully saturated rings. The lowest BCUT2D eigenvalue weighted by molar-refractivity contribution is -0.137. The molecule has 0 unspecified atom stereocenters. The predicted octanol–water partition coefficient (Wildman–Crippen LogP) is 4.10. The Labute approximate surface area is 200 Å². The highest BCUT2D eigenvalue weighted by molar-refractivity contribution is 6.06. The number of alkyl halides is 1. The van der Waals surface area contributed by atoms with E-state index in [0.717, 1.165) is 11.1 Å². The maximum absolute atomic E-state index is 14.3.